The van der Waals surface area contributed by atoms with Crippen LogP contribution in [-0.2, 0) is 6.54 Å². The average molecular weight is 253 g/mol. The molecule has 0 saturated carbocycles. The van der Waals surface area contributed by atoms with Crippen molar-refractivity contribution in [2.24, 2.45) is 17.1 Å². The fourth-order valence-electron chi connectivity index (χ4n) is 2.47. The SMILES string of the molecule is CC(C)(C)C1CCN(c2ncc(CN)s2)CC1. The predicted octanol–water partition coefficient (Wildman–Crippen LogP) is 2.86. The molecule has 0 amide bonds. The predicted molar refractivity (Wildman–Crippen MR) is 74.4 cm³/mol. The summed E-state index contributed by atoms with van der Waals surface area (Å²) in [6.45, 7) is 9.94. The number of aromatic nitrogens is 1. The molecule has 0 aliphatic carbocycles. The molecular formula is C13H23N3S. The molecule has 1 aromatic rings. The smallest absolute Gasteiger partial charge is 0.185 e. The van der Waals surface area contributed by atoms with Gasteiger partial charge in [0.05, 0.1) is 0 Å². The highest BCUT2D eigenvalue weighted by molar-refractivity contribution is 7.15. The van der Waals surface area contributed by atoms with Gasteiger partial charge in [0.15, 0.2) is 5.13 Å². The van der Waals surface area contributed by atoms with Crippen LogP contribution in [0, 0.1) is 11.3 Å². The van der Waals surface area contributed by atoms with E-state index in [4.69, 9.17) is 5.73 Å². The third kappa shape index (κ3) is 2.99. The Labute approximate surface area is 108 Å². The monoisotopic (exact) mass is 253 g/mol. The molecule has 96 valence electrons. The van der Waals surface area contributed by atoms with E-state index in [1.165, 1.54) is 17.7 Å². The van der Waals surface area contributed by atoms with Crippen LogP contribution >= 0.6 is 11.3 Å². The summed E-state index contributed by atoms with van der Waals surface area (Å²) in [5.74, 6) is 0.840. The van der Waals surface area contributed by atoms with Gasteiger partial charge in [-0.15, -0.1) is 11.3 Å². The van der Waals surface area contributed by atoms with E-state index in [1.54, 1.807) is 11.3 Å². The van der Waals surface area contributed by atoms with Crippen LogP contribution in [0.5, 0.6) is 0 Å². The first-order valence-corrected chi connectivity index (χ1v) is 7.22. The number of rotatable bonds is 2. The Morgan fingerprint density at radius 3 is 2.53 bits per heavy atom. The third-order valence-electron chi connectivity index (χ3n) is 3.73. The van der Waals surface area contributed by atoms with Crippen molar-refractivity contribution in [1.29, 1.82) is 0 Å². The summed E-state index contributed by atoms with van der Waals surface area (Å²) >= 11 is 1.74. The average Bonchev–Trinajstić information content (AvgIpc) is 2.76. The minimum Gasteiger partial charge on any atom is -0.348 e. The fraction of sp³-hybridized carbons (Fsp3) is 0.769. The van der Waals surface area contributed by atoms with Crippen LogP contribution in [0.15, 0.2) is 6.20 Å². The van der Waals surface area contributed by atoms with Crippen LogP contribution in [-0.4, -0.2) is 18.1 Å². The Morgan fingerprint density at radius 1 is 1.41 bits per heavy atom. The van der Waals surface area contributed by atoms with Crippen molar-refractivity contribution in [1.82, 2.24) is 4.98 Å². The van der Waals surface area contributed by atoms with Crippen molar-refractivity contribution in [2.75, 3.05) is 18.0 Å². The van der Waals surface area contributed by atoms with E-state index in [-0.39, 0.29) is 0 Å². The highest BCUT2D eigenvalue weighted by atomic mass is 32.1. The van der Waals surface area contributed by atoms with Gasteiger partial charge in [-0.1, -0.05) is 20.8 Å². The van der Waals surface area contributed by atoms with E-state index in [2.05, 4.69) is 30.7 Å². The van der Waals surface area contributed by atoms with Gasteiger partial charge in [0.1, 0.15) is 0 Å². The van der Waals surface area contributed by atoms with Crippen molar-refractivity contribution >= 4 is 16.5 Å². The summed E-state index contributed by atoms with van der Waals surface area (Å²) in [5, 5.41) is 1.15. The highest BCUT2D eigenvalue weighted by Crippen LogP contribution is 2.36. The normalized spacial score (nSPS) is 18.7. The van der Waals surface area contributed by atoms with Gasteiger partial charge in [-0.3, -0.25) is 0 Å². The lowest BCUT2D eigenvalue weighted by Gasteiger charge is -2.38. The number of nitrogens with two attached hydrogens (primary N) is 1. The maximum Gasteiger partial charge on any atom is 0.185 e. The first-order chi connectivity index (χ1) is 8.00. The van der Waals surface area contributed by atoms with Crippen molar-refractivity contribution in [3.05, 3.63) is 11.1 Å². The van der Waals surface area contributed by atoms with Crippen LogP contribution in [0.25, 0.3) is 0 Å². The number of hydrogen-bond acceptors (Lipinski definition) is 4. The number of thiazole rings is 1. The maximum atomic E-state index is 5.62. The van der Waals surface area contributed by atoms with Crippen LogP contribution in [0.3, 0.4) is 0 Å². The van der Waals surface area contributed by atoms with E-state index in [1.807, 2.05) is 6.20 Å². The highest BCUT2D eigenvalue weighted by Gasteiger charge is 2.29. The number of anilines is 1. The van der Waals surface area contributed by atoms with Gasteiger partial charge in [-0.2, -0.15) is 0 Å². The van der Waals surface area contributed by atoms with Crippen LogP contribution in [0.2, 0.25) is 0 Å². The van der Waals surface area contributed by atoms with E-state index in [0.29, 0.717) is 12.0 Å². The summed E-state index contributed by atoms with van der Waals surface area (Å²) in [4.78, 5) is 8.05. The minimum absolute atomic E-state index is 0.442. The molecule has 1 fully saturated rings. The summed E-state index contributed by atoms with van der Waals surface area (Å²) < 4.78 is 0. The molecule has 2 N–H and O–H groups in total. The summed E-state index contributed by atoms with van der Waals surface area (Å²) in [7, 11) is 0. The van der Waals surface area contributed by atoms with E-state index < -0.39 is 0 Å². The summed E-state index contributed by atoms with van der Waals surface area (Å²) in [6.07, 6.45) is 4.47. The molecule has 17 heavy (non-hydrogen) atoms. The second-order valence-corrected chi connectivity index (χ2v) is 7.03. The lowest BCUT2D eigenvalue weighted by Crippen LogP contribution is -2.37. The summed E-state index contributed by atoms with van der Waals surface area (Å²) in [6, 6.07) is 0. The van der Waals surface area contributed by atoms with E-state index in [0.717, 1.165) is 24.1 Å². The first kappa shape index (κ1) is 12.8. The van der Waals surface area contributed by atoms with Gasteiger partial charge in [0.25, 0.3) is 0 Å². The molecule has 2 heterocycles. The Kier molecular flexibility index (Phi) is 3.73. The zero-order valence-electron chi connectivity index (χ0n) is 11.1. The van der Waals surface area contributed by atoms with E-state index >= 15 is 0 Å². The standard InChI is InChI=1S/C13H23N3S/c1-13(2,3)10-4-6-16(7-5-10)12-15-9-11(8-14)17-12/h9-10H,4-8,14H2,1-3H3. The van der Waals surface area contributed by atoms with Crippen molar-refractivity contribution in [3.8, 4) is 0 Å². The lowest BCUT2D eigenvalue weighted by molar-refractivity contribution is 0.199. The molecule has 1 aliphatic heterocycles. The van der Waals surface area contributed by atoms with Crippen molar-refractivity contribution in [3.63, 3.8) is 0 Å². The second-order valence-electron chi connectivity index (χ2n) is 5.94. The molecule has 1 aromatic heterocycles. The molecule has 0 spiro atoms. The molecule has 0 bridgehead atoms. The number of hydrogen-bond donors (Lipinski definition) is 1. The molecule has 0 atom stereocenters. The molecule has 0 aromatic carbocycles. The van der Waals surface area contributed by atoms with Crippen LogP contribution in [0.4, 0.5) is 5.13 Å². The molecule has 4 heteroatoms. The molecule has 3 nitrogen and oxygen atoms in total. The van der Waals surface area contributed by atoms with Crippen LogP contribution < -0.4 is 10.6 Å². The van der Waals surface area contributed by atoms with Crippen molar-refractivity contribution in [2.45, 2.75) is 40.2 Å². The Hall–Kier alpha value is -0.610. The van der Waals surface area contributed by atoms with Gasteiger partial charge in [0, 0.05) is 30.7 Å². The molecular weight excluding hydrogens is 230 g/mol. The number of piperidine rings is 1. The zero-order chi connectivity index (χ0) is 12.5. The lowest BCUT2D eigenvalue weighted by atomic mass is 9.75. The molecule has 1 saturated heterocycles. The van der Waals surface area contributed by atoms with Gasteiger partial charge >= 0.3 is 0 Å². The minimum atomic E-state index is 0.442. The quantitative estimate of drug-likeness (QED) is 0.881. The van der Waals surface area contributed by atoms with Gasteiger partial charge in [-0.05, 0) is 24.2 Å². The largest absolute Gasteiger partial charge is 0.348 e. The Bertz CT molecular complexity index is 359. The van der Waals surface area contributed by atoms with Crippen LogP contribution in [0.1, 0.15) is 38.5 Å². The second kappa shape index (κ2) is 4.94. The number of nitrogens with zero attached hydrogens (tertiary/aromatic N) is 2. The maximum absolute atomic E-state index is 5.62. The third-order valence-corrected chi connectivity index (χ3v) is 4.81. The Morgan fingerprint density at radius 2 is 2.06 bits per heavy atom. The van der Waals surface area contributed by atoms with Gasteiger partial charge < -0.3 is 10.6 Å². The zero-order valence-corrected chi connectivity index (χ0v) is 11.9. The molecule has 0 unspecified atom stereocenters. The summed E-state index contributed by atoms with van der Waals surface area (Å²) in [5.41, 5.74) is 6.07. The molecule has 0 radical (unpaired) electrons. The van der Waals surface area contributed by atoms with E-state index in [9.17, 15) is 0 Å². The first-order valence-electron chi connectivity index (χ1n) is 6.40. The van der Waals surface area contributed by atoms with Crippen molar-refractivity contribution < 1.29 is 0 Å². The fourth-order valence-corrected chi connectivity index (χ4v) is 3.31. The molecule has 1 aliphatic rings. The topological polar surface area (TPSA) is 42.2 Å². The molecule has 2 rings (SSSR count). The van der Waals surface area contributed by atoms with Gasteiger partial charge in [0.2, 0.25) is 0 Å². The Balaban J connectivity index is 1.95. The van der Waals surface area contributed by atoms with Gasteiger partial charge in [-0.25, -0.2) is 4.98 Å².